The predicted molar refractivity (Wildman–Crippen MR) is 167 cm³/mol. The summed E-state index contributed by atoms with van der Waals surface area (Å²) in [6.07, 6.45) is -2.20. The van der Waals surface area contributed by atoms with Gasteiger partial charge in [-0.2, -0.15) is 0 Å². The van der Waals surface area contributed by atoms with Crippen molar-refractivity contribution in [2.24, 2.45) is 17.6 Å². The maximum absolute atomic E-state index is 13.3. The van der Waals surface area contributed by atoms with Crippen LogP contribution in [0.25, 0.3) is 12.2 Å². The van der Waals surface area contributed by atoms with Crippen LogP contribution in [0.3, 0.4) is 0 Å². The molecule has 1 aliphatic heterocycles. The van der Waals surface area contributed by atoms with Gasteiger partial charge in [0.1, 0.15) is 25.4 Å². The number of aliphatic carboxylic acids is 1. The second kappa shape index (κ2) is 15.7. The Bertz CT molecular complexity index is 1560. The number of benzene rings is 2. The van der Waals surface area contributed by atoms with E-state index in [9.17, 15) is 55.2 Å². The Morgan fingerprint density at radius 3 is 2.38 bits per heavy atom. The van der Waals surface area contributed by atoms with Crippen LogP contribution < -0.4 is 10.5 Å². The van der Waals surface area contributed by atoms with Crippen LogP contribution >= 0.6 is 0 Å². The molecule has 0 bridgehead atoms. The molecule has 1 saturated heterocycles. The standard InChI is InChI=1S/C33H39NO14/c34-7-8-46-28-6-2-17(9-26(28)41)1-4-21(37)16-47-33(32(44)45)13-27(42)29(43)31-22(33)10-20(15-36)30(48-31)23(38)5-3-18-11-24(39)25(40)12-19(18)14-35/h1-6,9,11-12,20,22,27,29-31,35-36,39-43H,7-8,10,13-16,34H2,(H,44,45)/b4-1+,5-3+/t20-,22-,27-,29-,30+,31-,33+/m1/s1. The molecule has 15 nitrogen and oxygen atoms in total. The van der Waals surface area contributed by atoms with Gasteiger partial charge in [0.05, 0.1) is 18.8 Å². The van der Waals surface area contributed by atoms with Crippen molar-refractivity contribution in [1.29, 1.82) is 0 Å². The molecule has 0 amide bonds. The van der Waals surface area contributed by atoms with Crippen molar-refractivity contribution in [2.75, 3.05) is 26.4 Å². The van der Waals surface area contributed by atoms with Crippen LogP contribution in [0.5, 0.6) is 23.0 Å². The summed E-state index contributed by atoms with van der Waals surface area (Å²) in [5.41, 5.74) is 3.97. The van der Waals surface area contributed by atoms with Gasteiger partial charge in [0.2, 0.25) is 0 Å². The Balaban J connectivity index is 1.52. The summed E-state index contributed by atoms with van der Waals surface area (Å²) in [6.45, 7) is -1.47. The van der Waals surface area contributed by atoms with E-state index in [-0.39, 0.29) is 42.2 Å². The molecule has 2 aromatic rings. The number of ether oxygens (including phenoxy) is 3. The SMILES string of the molecule is NCCOc1ccc(/C=C/C(=O)CO[C@@]2(C(=O)O)C[C@@H](O)[C@@H](O)[C@@H]3O[C@H](C(=O)/C=C/c4cc(O)c(O)cc4CO)[C@@H](CO)C[C@H]32)cc1O. The fourth-order valence-electron chi connectivity index (χ4n) is 6.04. The van der Waals surface area contributed by atoms with Crippen molar-refractivity contribution in [2.45, 2.75) is 49.5 Å². The Kier molecular flexibility index (Phi) is 11.9. The van der Waals surface area contributed by atoms with Gasteiger partial charge in [0, 0.05) is 31.4 Å². The Morgan fingerprint density at radius 2 is 1.73 bits per heavy atom. The fraction of sp³-hybridized carbons (Fsp3) is 0.424. The average molecular weight is 674 g/mol. The highest BCUT2D eigenvalue weighted by Crippen LogP contribution is 2.47. The van der Waals surface area contributed by atoms with E-state index in [0.29, 0.717) is 5.56 Å². The third kappa shape index (κ3) is 7.85. The van der Waals surface area contributed by atoms with Gasteiger partial charge in [-0.1, -0.05) is 18.2 Å². The van der Waals surface area contributed by atoms with Crippen LogP contribution in [0.2, 0.25) is 0 Å². The topological polar surface area (TPSA) is 267 Å². The minimum Gasteiger partial charge on any atom is -0.504 e. The number of hydrogen-bond donors (Lipinski definition) is 9. The molecule has 0 aromatic heterocycles. The normalized spacial score (nSPS) is 27.2. The molecule has 0 radical (unpaired) electrons. The van der Waals surface area contributed by atoms with Gasteiger partial charge in [-0.25, -0.2) is 4.79 Å². The summed E-state index contributed by atoms with van der Waals surface area (Å²) >= 11 is 0. The van der Waals surface area contributed by atoms with Crippen LogP contribution in [0.4, 0.5) is 0 Å². The number of aliphatic hydroxyl groups is 4. The van der Waals surface area contributed by atoms with E-state index in [1.807, 2.05) is 0 Å². The lowest BCUT2D eigenvalue weighted by atomic mass is 9.65. The highest BCUT2D eigenvalue weighted by Gasteiger charge is 2.62. The number of nitrogens with two attached hydrogens (primary N) is 1. The number of carbonyl (C=O) groups excluding carboxylic acids is 2. The number of phenols is 3. The van der Waals surface area contributed by atoms with E-state index in [1.54, 1.807) is 6.07 Å². The Morgan fingerprint density at radius 1 is 1.00 bits per heavy atom. The molecule has 1 saturated carbocycles. The molecule has 1 heterocycles. The largest absolute Gasteiger partial charge is 0.504 e. The summed E-state index contributed by atoms with van der Waals surface area (Å²) < 4.78 is 16.9. The predicted octanol–water partition coefficient (Wildman–Crippen LogP) is -0.154. The maximum atomic E-state index is 13.3. The second-order valence-electron chi connectivity index (χ2n) is 11.6. The van der Waals surface area contributed by atoms with Crippen LogP contribution in [0.1, 0.15) is 29.5 Å². The molecule has 1 aliphatic carbocycles. The number of phenolic OH excluding ortho intramolecular Hbond substituents is 3. The number of aromatic hydroxyl groups is 3. The second-order valence-corrected chi connectivity index (χ2v) is 11.6. The third-order valence-corrected chi connectivity index (χ3v) is 8.53. The van der Waals surface area contributed by atoms with E-state index < -0.39 is 97.1 Å². The number of fused-ring (bicyclic) bond motifs is 1. The van der Waals surface area contributed by atoms with Crippen molar-refractivity contribution in [1.82, 2.24) is 0 Å². The first-order valence-electron chi connectivity index (χ1n) is 15.1. The first kappa shape index (κ1) is 36.5. The van der Waals surface area contributed by atoms with Gasteiger partial charge < -0.3 is 60.8 Å². The van der Waals surface area contributed by atoms with Crippen molar-refractivity contribution >= 4 is 29.7 Å². The summed E-state index contributed by atoms with van der Waals surface area (Å²) in [4.78, 5) is 38.8. The average Bonchev–Trinajstić information content (AvgIpc) is 3.07. The highest BCUT2D eigenvalue weighted by atomic mass is 16.5. The summed E-state index contributed by atoms with van der Waals surface area (Å²) in [6, 6.07) is 6.65. The van der Waals surface area contributed by atoms with Crippen LogP contribution in [0.15, 0.2) is 42.5 Å². The smallest absolute Gasteiger partial charge is 0.336 e. The van der Waals surface area contributed by atoms with Gasteiger partial charge >= 0.3 is 5.97 Å². The quantitative estimate of drug-likeness (QED) is 0.0932. The van der Waals surface area contributed by atoms with Crippen molar-refractivity contribution in [3.8, 4) is 23.0 Å². The number of carboxylic acid groups (broad SMARTS) is 1. The molecule has 2 fully saturated rings. The van der Waals surface area contributed by atoms with E-state index in [0.717, 1.165) is 24.3 Å². The number of carboxylic acids is 1. The van der Waals surface area contributed by atoms with Gasteiger partial charge in [0.25, 0.3) is 0 Å². The van der Waals surface area contributed by atoms with Crippen molar-refractivity contribution in [3.05, 3.63) is 59.2 Å². The Hall–Kier alpha value is -4.35. The summed E-state index contributed by atoms with van der Waals surface area (Å²) in [5.74, 6) is -6.06. The van der Waals surface area contributed by atoms with Crippen molar-refractivity contribution in [3.63, 3.8) is 0 Å². The number of hydrogen-bond acceptors (Lipinski definition) is 14. The molecule has 0 unspecified atom stereocenters. The third-order valence-electron chi connectivity index (χ3n) is 8.53. The first-order valence-corrected chi connectivity index (χ1v) is 15.1. The molecule has 2 aliphatic rings. The lowest BCUT2D eigenvalue weighted by Gasteiger charge is -2.53. The van der Waals surface area contributed by atoms with E-state index in [1.165, 1.54) is 24.3 Å². The molecule has 48 heavy (non-hydrogen) atoms. The van der Waals surface area contributed by atoms with Gasteiger partial charge in [-0.15, -0.1) is 0 Å². The molecule has 260 valence electrons. The van der Waals surface area contributed by atoms with Gasteiger partial charge in [0.15, 0.2) is 40.2 Å². The first-order chi connectivity index (χ1) is 22.8. The Labute approximate surface area is 274 Å². The van der Waals surface area contributed by atoms with Gasteiger partial charge in [-0.3, -0.25) is 9.59 Å². The summed E-state index contributed by atoms with van der Waals surface area (Å²) in [7, 11) is 0. The molecule has 7 atom stereocenters. The minimum absolute atomic E-state index is 0.183. The van der Waals surface area contributed by atoms with Crippen molar-refractivity contribution < 1.29 is 69.4 Å². The minimum atomic E-state index is -2.25. The van der Waals surface area contributed by atoms with E-state index in [4.69, 9.17) is 19.9 Å². The lowest BCUT2D eigenvalue weighted by Crippen LogP contribution is -2.68. The van der Waals surface area contributed by atoms with Crippen LogP contribution in [-0.2, 0) is 30.5 Å². The zero-order valence-corrected chi connectivity index (χ0v) is 25.7. The summed E-state index contributed by atoms with van der Waals surface area (Å²) in [5, 5.41) is 81.3. The number of carbonyl (C=O) groups is 3. The number of ketones is 2. The molecule has 2 aromatic carbocycles. The molecule has 15 heteroatoms. The highest BCUT2D eigenvalue weighted by molar-refractivity contribution is 5.97. The number of rotatable bonds is 14. The van der Waals surface area contributed by atoms with Crippen LogP contribution in [-0.4, -0.2) is 115 Å². The van der Waals surface area contributed by atoms with E-state index in [2.05, 4.69) is 0 Å². The molecule has 0 spiro atoms. The molecule has 4 rings (SSSR count). The molecular weight excluding hydrogens is 634 g/mol. The van der Waals surface area contributed by atoms with Crippen LogP contribution in [0, 0.1) is 11.8 Å². The fourth-order valence-corrected chi connectivity index (χ4v) is 6.04. The maximum Gasteiger partial charge on any atom is 0.336 e. The zero-order valence-electron chi connectivity index (χ0n) is 25.7. The zero-order chi connectivity index (χ0) is 35.2. The monoisotopic (exact) mass is 673 g/mol. The molecular formula is C33H39NO14. The lowest BCUT2D eigenvalue weighted by molar-refractivity contribution is -0.260. The molecule has 10 N–H and O–H groups in total. The number of aliphatic hydroxyl groups excluding tert-OH is 4. The van der Waals surface area contributed by atoms with Gasteiger partial charge in [-0.05, 0) is 59.5 Å². The van der Waals surface area contributed by atoms with E-state index >= 15 is 0 Å².